The second-order valence-electron chi connectivity index (χ2n) is 5.07. The van der Waals surface area contributed by atoms with Crippen molar-refractivity contribution in [3.05, 3.63) is 65.3 Å². The minimum absolute atomic E-state index is 0.428. The van der Waals surface area contributed by atoms with Crippen molar-refractivity contribution in [1.82, 2.24) is 19.7 Å². The zero-order valence-corrected chi connectivity index (χ0v) is 13.6. The van der Waals surface area contributed by atoms with Gasteiger partial charge in [0, 0.05) is 10.0 Å². The predicted molar refractivity (Wildman–Crippen MR) is 94.2 cm³/mol. The van der Waals surface area contributed by atoms with Gasteiger partial charge in [-0.3, -0.25) is 0 Å². The lowest BCUT2D eigenvalue weighted by atomic mass is 10.2. The van der Waals surface area contributed by atoms with Crippen molar-refractivity contribution in [3.8, 4) is 17.1 Å². The molecule has 0 aliphatic heterocycles. The van der Waals surface area contributed by atoms with Crippen LogP contribution in [0.15, 0.2) is 65.3 Å². The average molecular weight is 366 g/mol. The number of nitrogen functional groups attached to an aromatic ring is 1. The zero-order chi connectivity index (χ0) is 15.8. The van der Waals surface area contributed by atoms with Gasteiger partial charge in [0.15, 0.2) is 11.5 Å². The van der Waals surface area contributed by atoms with Crippen LogP contribution in [-0.2, 0) is 0 Å². The standard InChI is InChI=1S/C17H12BrN5/c18-12-6-8-13(9-7-12)23-17-14(10-20-23)15(19)21-16(22-17)11-4-2-1-3-5-11/h1-10H,(H2,19,21,22). The summed E-state index contributed by atoms with van der Waals surface area (Å²) >= 11 is 3.44. The van der Waals surface area contributed by atoms with Crippen LogP contribution in [0, 0.1) is 0 Å². The minimum Gasteiger partial charge on any atom is -0.383 e. The predicted octanol–water partition coefficient (Wildman–Crippen LogP) is 3.83. The Morgan fingerprint density at radius 2 is 1.65 bits per heavy atom. The van der Waals surface area contributed by atoms with Crippen LogP contribution in [0.1, 0.15) is 0 Å². The first-order valence-electron chi connectivity index (χ1n) is 7.05. The van der Waals surface area contributed by atoms with E-state index in [-0.39, 0.29) is 0 Å². The average Bonchev–Trinajstić information content (AvgIpc) is 3.01. The monoisotopic (exact) mass is 365 g/mol. The summed E-state index contributed by atoms with van der Waals surface area (Å²) in [5.74, 6) is 1.02. The number of hydrogen-bond acceptors (Lipinski definition) is 4. The maximum atomic E-state index is 6.10. The van der Waals surface area contributed by atoms with Crippen molar-refractivity contribution in [2.75, 3.05) is 5.73 Å². The van der Waals surface area contributed by atoms with Gasteiger partial charge in [0.05, 0.1) is 17.3 Å². The largest absolute Gasteiger partial charge is 0.383 e. The van der Waals surface area contributed by atoms with Crippen molar-refractivity contribution in [2.24, 2.45) is 0 Å². The Morgan fingerprint density at radius 1 is 0.913 bits per heavy atom. The molecule has 0 saturated heterocycles. The normalized spacial score (nSPS) is 11.0. The Bertz CT molecular complexity index is 977. The SMILES string of the molecule is Nc1nc(-c2ccccc2)nc2c1cnn2-c1ccc(Br)cc1. The molecule has 4 aromatic rings. The molecule has 0 aliphatic rings. The van der Waals surface area contributed by atoms with Crippen LogP contribution >= 0.6 is 15.9 Å². The van der Waals surface area contributed by atoms with Crippen molar-refractivity contribution in [3.63, 3.8) is 0 Å². The van der Waals surface area contributed by atoms with E-state index in [1.54, 1.807) is 10.9 Å². The van der Waals surface area contributed by atoms with E-state index in [0.29, 0.717) is 17.3 Å². The lowest BCUT2D eigenvalue weighted by molar-refractivity contribution is 0.896. The van der Waals surface area contributed by atoms with Gasteiger partial charge in [-0.15, -0.1) is 0 Å². The first kappa shape index (κ1) is 13.9. The summed E-state index contributed by atoms with van der Waals surface area (Å²) in [4.78, 5) is 9.06. The van der Waals surface area contributed by atoms with Gasteiger partial charge in [0.1, 0.15) is 5.82 Å². The van der Waals surface area contributed by atoms with E-state index in [1.807, 2.05) is 54.6 Å². The number of hydrogen-bond donors (Lipinski definition) is 1. The highest BCUT2D eigenvalue weighted by atomic mass is 79.9. The fourth-order valence-electron chi connectivity index (χ4n) is 2.42. The Hall–Kier alpha value is -2.73. The Balaban J connectivity index is 1.94. The topological polar surface area (TPSA) is 69.6 Å². The molecule has 0 radical (unpaired) electrons. The van der Waals surface area contributed by atoms with Crippen molar-refractivity contribution in [1.29, 1.82) is 0 Å². The molecule has 0 spiro atoms. The number of nitrogens with two attached hydrogens (primary N) is 1. The van der Waals surface area contributed by atoms with Gasteiger partial charge in [0.2, 0.25) is 0 Å². The van der Waals surface area contributed by atoms with Gasteiger partial charge < -0.3 is 5.73 Å². The van der Waals surface area contributed by atoms with Gasteiger partial charge in [0.25, 0.3) is 0 Å². The number of fused-ring (bicyclic) bond motifs is 1. The molecule has 112 valence electrons. The molecule has 0 atom stereocenters. The molecule has 2 aromatic heterocycles. The minimum atomic E-state index is 0.428. The molecular weight excluding hydrogens is 354 g/mol. The number of halogens is 1. The number of aromatic nitrogens is 4. The van der Waals surface area contributed by atoms with E-state index < -0.39 is 0 Å². The van der Waals surface area contributed by atoms with Gasteiger partial charge in [-0.25, -0.2) is 14.6 Å². The third-order valence-corrected chi connectivity index (χ3v) is 4.09. The van der Waals surface area contributed by atoms with Crippen LogP contribution in [-0.4, -0.2) is 19.7 Å². The first-order valence-corrected chi connectivity index (χ1v) is 7.84. The van der Waals surface area contributed by atoms with Crippen LogP contribution in [0.5, 0.6) is 0 Å². The summed E-state index contributed by atoms with van der Waals surface area (Å²) < 4.78 is 2.78. The van der Waals surface area contributed by atoms with Crippen LogP contribution in [0.4, 0.5) is 5.82 Å². The van der Waals surface area contributed by atoms with E-state index in [9.17, 15) is 0 Å². The quantitative estimate of drug-likeness (QED) is 0.586. The van der Waals surface area contributed by atoms with Crippen molar-refractivity contribution < 1.29 is 0 Å². The molecule has 2 aromatic carbocycles. The lowest BCUT2D eigenvalue weighted by Crippen LogP contribution is -2.01. The summed E-state index contributed by atoms with van der Waals surface area (Å²) in [7, 11) is 0. The van der Waals surface area contributed by atoms with E-state index in [2.05, 4.69) is 31.0 Å². The number of nitrogens with zero attached hydrogens (tertiary/aromatic N) is 4. The molecular formula is C17H12BrN5. The highest BCUT2D eigenvalue weighted by molar-refractivity contribution is 9.10. The summed E-state index contributed by atoms with van der Waals surface area (Å²) in [6.07, 6.45) is 1.70. The molecule has 4 rings (SSSR count). The number of rotatable bonds is 2. The van der Waals surface area contributed by atoms with Gasteiger partial charge in [-0.05, 0) is 24.3 Å². The molecule has 0 bridgehead atoms. The third kappa shape index (κ3) is 2.47. The van der Waals surface area contributed by atoms with Crippen molar-refractivity contribution in [2.45, 2.75) is 0 Å². The van der Waals surface area contributed by atoms with Gasteiger partial charge >= 0.3 is 0 Å². The Labute approximate surface area is 140 Å². The van der Waals surface area contributed by atoms with E-state index in [1.165, 1.54) is 0 Å². The lowest BCUT2D eigenvalue weighted by Gasteiger charge is -2.06. The van der Waals surface area contributed by atoms with Crippen LogP contribution in [0.2, 0.25) is 0 Å². The van der Waals surface area contributed by atoms with Gasteiger partial charge in [-0.1, -0.05) is 46.3 Å². The summed E-state index contributed by atoms with van der Waals surface area (Å²) in [6, 6.07) is 17.6. The number of anilines is 1. The van der Waals surface area contributed by atoms with Gasteiger partial charge in [-0.2, -0.15) is 5.10 Å². The molecule has 0 fully saturated rings. The molecule has 0 amide bonds. The fraction of sp³-hybridized carbons (Fsp3) is 0. The fourth-order valence-corrected chi connectivity index (χ4v) is 2.68. The maximum Gasteiger partial charge on any atom is 0.169 e. The smallest absolute Gasteiger partial charge is 0.169 e. The van der Waals surface area contributed by atoms with Crippen LogP contribution < -0.4 is 5.73 Å². The van der Waals surface area contributed by atoms with E-state index >= 15 is 0 Å². The highest BCUT2D eigenvalue weighted by Gasteiger charge is 2.13. The summed E-state index contributed by atoms with van der Waals surface area (Å²) in [5, 5.41) is 5.15. The van der Waals surface area contributed by atoms with Crippen LogP contribution in [0.3, 0.4) is 0 Å². The van der Waals surface area contributed by atoms with Crippen molar-refractivity contribution >= 4 is 32.8 Å². The van der Waals surface area contributed by atoms with Crippen LogP contribution in [0.25, 0.3) is 28.1 Å². The molecule has 5 nitrogen and oxygen atoms in total. The van der Waals surface area contributed by atoms with E-state index in [0.717, 1.165) is 21.1 Å². The number of benzene rings is 2. The highest BCUT2D eigenvalue weighted by Crippen LogP contribution is 2.25. The summed E-state index contributed by atoms with van der Waals surface area (Å²) in [5.41, 5.74) is 8.63. The Morgan fingerprint density at radius 3 is 2.39 bits per heavy atom. The van der Waals surface area contributed by atoms with E-state index in [4.69, 9.17) is 5.73 Å². The summed E-state index contributed by atoms with van der Waals surface area (Å²) in [6.45, 7) is 0. The molecule has 0 saturated carbocycles. The zero-order valence-electron chi connectivity index (χ0n) is 12.0. The second kappa shape index (κ2) is 5.48. The third-order valence-electron chi connectivity index (χ3n) is 3.56. The molecule has 2 N–H and O–H groups in total. The Kier molecular flexibility index (Phi) is 3.31. The second-order valence-corrected chi connectivity index (χ2v) is 5.98. The maximum absolute atomic E-state index is 6.10. The molecule has 23 heavy (non-hydrogen) atoms. The molecule has 0 aliphatic carbocycles. The molecule has 0 unspecified atom stereocenters. The first-order chi connectivity index (χ1) is 11.2. The molecule has 2 heterocycles. The molecule has 6 heteroatoms.